The van der Waals surface area contributed by atoms with Crippen LogP contribution in [0.3, 0.4) is 0 Å². The standard InChI is InChI=1S/C34H70/c1-6-8-9-10-11-12-13-14-15-16-17-18-19-20-21-22-23-24-27-33(4)30-26-31-34(5)29-25-28-32(3)7-2/h32-34H,6-31H2,1-5H3. The molecule has 34 heavy (non-hydrogen) atoms. The number of rotatable bonds is 28. The Morgan fingerprint density at radius 3 is 0.882 bits per heavy atom. The van der Waals surface area contributed by atoms with E-state index in [0.29, 0.717) is 0 Å². The normalized spacial score (nSPS) is 14.4. The highest BCUT2D eigenvalue weighted by Gasteiger charge is 2.07. The number of hydrogen-bond donors (Lipinski definition) is 0. The Morgan fingerprint density at radius 1 is 0.294 bits per heavy atom. The molecule has 0 saturated carbocycles. The molecule has 0 amide bonds. The van der Waals surface area contributed by atoms with E-state index in [1.165, 1.54) is 167 Å². The van der Waals surface area contributed by atoms with Gasteiger partial charge >= 0.3 is 0 Å². The fourth-order valence-corrected chi connectivity index (χ4v) is 5.52. The van der Waals surface area contributed by atoms with E-state index in [-0.39, 0.29) is 0 Å². The average Bonchev–Trinajstić information content (AvgIpc) is 2.83. The maximum atomic E-state index is 2.50. The van der Waals surface area contributed by atoms with Gasteiger partial charge in [0.25, 0.3) is 0 Å². The van der Waals surface area contributed by atoms with Crippen LogP contribution in [0.15, 0.2) is 0 Å². The molecule has 0 aliphatic rings. The third-order valence-electron chi connectivity index (χ3n) is 8.54. The molecule has 0 aliphatic heterocycles. The summed E-state index contributed by atoms with van der Waals surface area (Å²) in [5.74, 6) is 2.83. The van der Waals surface area contributed by atoms with E-state index in [9.17, 15) is 0 Å². The Balaban J connectivity index is 3.23. The van der Waals surface area contributed by atoms with Gasteiger partial charge < -0.3 is 0 Å². The fraction of sp³-hybridized carbons (Fsp3) is 1.00. The van der Waals surface area contributed by atoms with Crippen molar-refractivity contribution in [3.05, 3.63) is 0 Å². The van der Waals surface area contributed by atoms with Gasteiger partial charge in [-0.25, -0.2) is 0 Å². The molecule has 3 unspecified atom stereocenters. The quantitative estimate of drug-likeness (QED) is 0.0980. The SMILES string of the molecule is CCCCCCCCCCCCCCCCCCCCC(C)CCCC(C)CCCC(C)CC. The Bertz CT molecular complexity index is 359. The molecule has 0 aromatic carbocycles. The zero-order valence-electron chi connectivity index (χ0n) is 25.1. The molecule has 206 valence electrons. The third kappa shape index (κ3) is 26.6. The highest BCUT2D eigenvalue weighted by molar-refractivity contribution is 4.60. The van der Waals surface area contributed by atoms with E-state index in [0.717, 1.165) is 17.8 Å². The van der Waals surface area contributed by atoms with E-state index >= 15 is 0 Å². The molecule has 0 nitrogen and oxygen atoms in total. The summed E-state index contributed by atoms with van der Waals surface area (Å²) in [6.45, 7) is 12.0. The van der Waals surface area contributed by atoms with E-state index in [2.05, 4.69) is 34.6 Å². The second-order valence-corrected chi connectivity index (χ2v) is 12.4. The van der Waals surface area contributed by atoms with Gasteiger partial charge in [0, 0.05) is 0 Å². The van der Waals surface area contributed by atoms with Gasteiger partial charge in [0.05, 0.1) is 0 Å². The molecule has 0 spiro atoms. The third-order valence-corrected chi connectivity index (χ3v) is 8.54. The van der Waals surface area contributed by atoms with Crippen LogP contribution in [0.25, 0.3) is 0 Å². The molecule has 0 aliphatic carbocycles. The Labute approximate surface area is 219 Å². The van der Waals surface area contributed by atoms with Crippen molar-refractivity contribution in [1.29, 1.82) is 0 Å². The predicted molar refractivity (Wildman–Crippen MR) is 159 cm³/mol. The summed E-state index contributed by atoms with van der Waals surface area (Å²) < 4.78 is 0. The van der Waals surface area contributed by atoms with E-state index in [1.807, 2.05) is 0 Å². The lowest BCUT2D eigenvalue weighted by Gasteiger charge is -2.15. The first-order valence-electron chi connectivity index (χ1n) is 16.6. The van der Waals surface area contributed by atoms with Gasteiger partial charge in [-0.05, 0) is 17.8 Å². The first-order valence-corrected chi connectivity index (χ1v) is 16.6. The van der Waals surface area contributed by atoms with Crippen LogP contribution in [0.1, 0.15) is 202 Å². The van der Waals surface area contributed by atoms with Gasteiger partial charge in [0.15, 0.2) is 0 Å². The van der Waals surface area contributed by atoms with Crippen molar-refractivity contribution in [3.8, 4) is 0 Å². The van der Waals surface area contributed by atoms with Crippen molar-refractivity contribution in [2.45, 2.75) is 202 Å². The number of hydrogen-bond acceptors (Lipinski definition) is 0. The molecule has 0 radical (unpaired) electrons. The highest BCUT2D eigenvalue weighted by atomic mass is 14.1. The summed E-state index contributed by atoms with van der Waals surface area (Å²) in [6, 6.07) is 0. The topological polar surface area (TPSA) is 0 Å². The molecule has 0 heteroatoms. The molecule has 3 atom stereocenters. The fourth-order valence-electron chi connectivity index (χ4n) is 5.52. The Hall–Kier alpha value is 0. The van der Waals surface area contributed by atoms with E-state index < -0.39 is 0 Å². The van der Waals surface area contributed by atoms with Gasteiger partial charge in [-0.1, -0.05) is 202 Å². The van der Waals surface area contributed by atoms with Crippen molar-refractivity contribution >= 4 is 0 Å². The molecular weight excluding hydrogens is 408 g/mol. The summed E-state index contributed by atoms with van der Waals surface area (Å²) in [5.41, 5.74) is 0. The zero-order chi connectivity index (χ0) is 25.1. The monoisotopic (exact) mass is 479 g/mol. The van der Waals surface area contributed by atoms with E-state index in [1.54, 1.807) is 0 Å². The van der Waals surface area contributed by atoms with Crippen LogP contribution in [-0.4, -0.2) is 0 Å². The van der Waals surface area contributed by atoms with Crippen LogP contribution < -0.4 is 0 Å². The van der Waals surface area contributed by atoms with Crippen LogP contribution in [0, 0.1) is 17.8 Å². The van der Waals surface area contributed by atoms with Gasteiger partial charge in [-0.3, -0.25) is 0 Å². The molecule has 0 aromatic heterocycles. The van der Waals surface area contributed by atoms with Crippen LogP contribution in [0.5, 0.6) is 0 Å². The van der Waals surface area contributed by atoms with Crippen molar-refractivity contribution in [3.63, 3.8) is 0 Å². The molecule has 0 rings (SSSR count). The van der Waals surface area contributed by atoms with Crippen LogP contribution in [0.2, 0.25) is 0 Å². The van der Waals surface area contributed by atoms with Crippen molar-refractivity contribution in [2.24, 2.45) is 17.8 Å². The first-order chi connectivity index (χ1) is 16.6. The van der Waals surface area contributed by atoms with Gasteiger partial charge in [-0.15, -0.1) is 0 Å². The summed E-state index contributed by atoms with van der Waals surface area (Å²) in [4.78, 5) is 0. The molecular formula is C34H70. The molecule has 0 bridgehead atoms. The molecule has 0 fully saturated rings. The van der Waals surface area contributed by atoms with Crippen LogP contribution in [0.4, 0.5) is 0 Å². The zero-order valence-corrected chi connectivity index (χ0v) is 25.1. The summed E-state index contributed by atoms with van der Waals surface area (Å²) in [7, 11) is 0. The van der Waals surface area contributed by atoms with Crippen LogP contribution in [-0.2, 0) is 0 Å². The second kappa shape index (κ2) is 27.6. The largest absolute Gasteiger partial charge is 0.0654 e. The summed E-state index contributed by atoms with van der Waals surface area (Å²) >= 11 is 0. The first kappa shape index (κ1) is 34.0. The molecule has 0 N–H and O–H groups in total. The Morgan fingerprint density at radius 2 is 0.559 bits per heavy atom. The number of unbranched alkanes of at least 4 members (excludes halogenated alkanes) is 17. The molecule has 0 saturated heterocycles. The summed E-state index contributed by atoms with van der Waals surface area (Å²) in [6.07, 6.45) is 38.1. The highest BCUT2D eigenvalue weighted by Crippen LogP contribution is 2.22. The van der Waals surface area contributed by atoms with Crippen molar-refractivity contribution < 1.29 is 0 Å². The van der Waals surface area contributed by atoms with Gasteiger partial charge in [-0.2, -0.15) is 0 Å². The summed E-state index contributed by atoms with van der Waals surface area (Å²) in [5, 5.41) is 0. The van der Waals surface area contributed by atoms with Crippen LogP contribution >= 0.6 is 0 Å². The maximum Gasteiger partial charge on any atom is -0.0443 e. The smallest absolute Gasteiger partial charge is 0.0443 e. The lowest BCUT2D eigenvalue weighted by molar-refractivity contribution is 0.380. The van der Waals surface area contributed by atoms with Gasteiger partial charge in [0.2, 0.25) is 0 Å². The second-order valence-electron chi connectivity index (χ2n) is 12.4. The minimum atomic E-state index is 0.932. The lowest BCUT2D eigenvalue weighted by atomic mass is 9.91. The van der Waals surface area contributed by atoms with E-state index in [4.69, 9.17) is 0 Å². The lowest BCUT2D eigenvalue weighted by Crippen LogP contribution is -2.00. The van der Waals surface area contributed by atoms with Crippen molar-refractivity contribution in [2.75, 3.05) is 0 Å². The molecule has 0 aromatic rings. The predicted octanol–water partition coefficient (Wildman–Crippen LogP) is 13.1. The minimum absolute atomic E-state index is 0.932. The molecule has 0 heterocycles. The average molecular weight is 479 g/mol. The van der Waals surface area contributed by atoms with Gasteiger partial charge in [0.1, 0.15) is 0 Å². The van der Waals surface area contributed by atoms with Crippen molar-refractivity contribution in [1.82, 2.24) is 0 Å². The maximum absolute atomic E-state index is 2.50. The Kier molecular flexibility index (Phi) is 27.6. The minimum Gasteiger partial charge on any atom is -0.0654 e.